The first-order valence-corrected chi connectivity index (χ1v) is 12.0. The molecule has 9 heteroatoms. The normalized spacial score (nSPS) is 10.6. The molecule has 1 heterocycles. The second-order valence-electron chi connectivity index (χ2n) is 7.69. The number of aryl methyl sites for hydroxylation is 1. The molecular formula is C26H27N5O3S. The Balaban J connectivity index is 1.54. The number of nitrogens with one attached hydrogen (secondary N) is 2. The number of rotatable bonds is 10. The van der Waals surface area contributed by atoms with Crippen molar-refractivity contribution in [1.82, 2.24) is 14.8 Å². The Kier molecular flexibility index (Phi) is 7.89. The molecule has 0 saturated carbocycles. The van der Waals surface area contributed by atoms with E-state index in [9.17, 15) is 4.79 Å². The van der Waals surface area contributed by atoms with Crippen molar-refractivity contribution in [2.24, 2.45) is 0 Å². The molecule has 0 unspecified atom stereocenters. The topological polar surface area (TPSA) is 90.3 Å². The molecular weight excluding hydrogens is 462 g/mol. The molecule has 0 saturated heterocycles. The fourth-order valence-electron chi connectivity index (χ4n) is 3.50. The number of hydrogen-bond acceptors (Lipinski definition) is 7. The Morgan fingerprint density at radius 3 is 2.49 bits per heavy atom. The van der Waals surface area contributed by atoms with E-state index in [4.69, 9.17) is 9.47 Å². The zero-order valence-corrected chi connectivity index (χ0v) is 20.6. The van der Waals surface area contributed by atoms with Crippen LogP contribution in [0.25, 0.3) is 5.69 Å². The van der Waals surface area contributed by atoms with Gasteiger partial charge in [0.1, 0.15) is 11.5 Å². The highest BCUT2D eigenvalue weighted by atomic mass is 32.2. The van der Waals surface area contributed by atoms with Gasteiger partial charge in [-0.3, -0.25) is 9.36 Å². The molecule has 0 radical (unpaired) electrons. The summed E-state index contributed by atoms with van der Waals surface area (Å²) >= 11 is 1.32. The van der Waals surface area contributed by atoms with Crippen LogP contribution in [0.15, 0.2) is 78.0 Å². The molecule has 0 bridgehead atoms. The number of aromatic nitrogens is 3. The number of benzene rings is 3. The van der Waals surface area contributed by atoms with E-state index in [1.54, 1.807) is 14.2 Å². The summed E-state index contributed by atoms with van der Waals surface area (Å²) in [5.41, 5.74) is 3.58. The van der Waals surface area contributed by atoms with E-state index >= 15 is 0 Å². The van der Waals surface area contributed by atoms with E-state index in [0.29, 0.717) is 23.3 Å². The minimum atomic E-state index is -0.118. The first-order chi connectivity index (χ1) is 17.1. The number of carbonyl (C=O) groups is 1. The standard InChI is InChI=1S/C26H27N5O3S/c1-18-7-6-8-20(15-18)28-25(32)17-35-26-30-29-24(16-27-19-11-13-21(33-2)14-12-19)31(26)22-9-4-5-10-23(22)34-3/h4-15,27H,16-17H2,1-3H3,(H,28,32). The molecule has 2 N–H and O–H groups in total. The van der Waals surface area contributed by atoms with Crippen LogP contribution < -0.4 is 20.1 Å². The van der Waals surface area contributed by atoms with Crippen LogP contribution in [0.5, 0.6) is 11.5 Å². The van der Waals surface area contributed by atoms with Gasteiger partial charge in [0.15, 0.2) is 11.0 Å². The summed E-state index contributed by atoms with van der Waals surface area (Å²) < 4.78 is 12.7. The molecule has 3 aromatic carbocycles. The molecule has 0 fully saturated rings. The predicted molar refractivity (Wildman–Crippen MR) is 139 cm³/mol. The van der Waals surface area contributed by atoms with Crippen molar-refractivity contribution in [3.05, 3.63) is 84.2 Å². The maximum atomic E-state index is 12.6. The van der Waals surface area contributed by atoms with Crippen LogP contribution in [-0.2, 0) is 11.3 Å². The summed E-state index contributed by atoms with van der Waals surface area (Å²) in [4.78, 5) is 12.6. The lowest BCUT2D eigenvalue weighted by molar-refractivity contribution is -0.113. The molecule has 4 aromatic rings. The lowest BCUT2D eigenvalue weighted by Crippen LogP contribution is -2.15. The average Bonchev–Trinajstić information content (AvgIpc) is 3.29. The number of amides is 1. The fourth-order valence-corrected chi connectivity index (χ4v) is 4.27. The SMILES string of the molecule is COc1ccc(NCc2nnc(SCC(=O)Nc3cccc(C)c3)n2-c2ccccc2OC)cc1. The van der Waals surface area contributed by atoms with Crippen molar-refractivity contribution < 1.29 is 14.3 Å². The second-order valence-corrected chi connectivity index (χ2v) is 8.64. The van der Waals surface area contributed by atoms with Gasteiger partial charge >= 0.3 is 0 Å². The lowest BCUT2D eigenvalue weighted by atomic mass is 10.2. The second kappa shape index (κ2) is 11.4. The van der Waals surface area contributed by atoms with Crippen molar-refractivity contribution in [3.63, 3.8) is 0 Å². The van der Waals surface area contributed by atoms with Gasteiger partial charge in [-0.25, -0.2) is 0 Å². The van der Waals surface area contributed by atoms with Crippen molar-refractivity contribution in [2.75, 3.05) is 30.6 Å². The first kappa shape index (κ1) is 24.2. The third-order valence-corrected chi connectivity index (χ3v) is 6.13. The largest absolute Gasteiger partial charge is 0.497 e. The van der Waals surface area contributed by atoms with Gasteiger partial charge in [0, 0.05) is 11.4 Å². The van der Waals surface area contributed by atoms with Gasteiger partial charge < -0.3 is 20.1 Å². The molecule has 0 aliphatic carbocycles. The molecule has 180 valence electrons. The van der Waals surface area contributed by atoms with Crippen molar-refractivity contribution >= 4 is 29.0 Å². The third kappa shape index (κ3) is 6.13. The molecule has 0 atom stereocenters. The fraction of sp³-hybridized carbons (Fsp3) is 0.192. The molecule has 4 rings (SSSR count). The smallest absolute Gasteiger partial charge is 0.234 e. The Labute approximate surface area is 208 Å². The van der Waals surface area contributed by atoms with Crippen LogP contribution in [0.1, 0.15) is 11.4 Å². The van der Waals surface area contributed by atoms with E-state index in [0.717, 1.165) is 28.4 Å². The quantitative estimate of drug-likeness (QED) is 0.305. The molecule has 1 amide bonds. The predicted octanol–water partition coefficient (Wildman–Crippen LogP) is 4.94. The van der Waals surface area contributed by atoms with E-state index < -0.39 is 0 Å². The Bertz CT molecular complexity index is 1290. The highest BCUT2D eigenvalue weighted by Crippen LogP contribution is 2.29. The minimum Gasteiger partial charge on any atom is -0.497 e. The maximum Gasteiger partial charge on any atom is 0.234 e. The number of carbonyl (C=O) groups excluding carboxylic acids is 1. The molecule has 1 aromatic heterocycles. The van der Waals surface area contributed by atoms with Crippen LogP contribution >= 0.6 is 11.8 Å². The van der Waals surface area contributed by atoms with E-state index in [2.05, 4.69) is 20.8 Å². The first-order valence-electron chi connectivity index (χ1n) is 11.0. The van der Waals surface area contributed by atoms with Crippen molar-refractivity contribution in [1.29, 1.82) is 0 Å². The summed E-state index contributed by atoms with van der Waals surface area (Å²) in [5.74, 6) is 2.23. The molecule has 35 heavy (non-hydrogen) atoms. The molecule has 0 spiro atoms. The maximum absolute atomic E-state index is 12.6. The third-order valence-electron chi connectivity index (χ3n) is 5.20. The van der Waals surface area contributed by atoms with E-state index in [-0.39, 0.29) is 11.7 Å². The lowest BCUT2D eigenvalue weighted by Gasteiger charge is -2.14. The number of nitrogens with zero attached hydrogens (tertiary/aromatic N) is 3. The van der Waals surface area contributed by atoms with Crippen LogP contribution in [-0.4, -0.2) is 40.6 Å². The summed E-state index contributed by atoms with van der Waals surface area (Å²) in [6, 6.07) is 23.0. The monoisotopic (exact) mass is 489 g/mol. The number of ether oxygens (including phenoxy) is 2. The average molecular weight is 490 g/mol. The van der Waals surface area contributed by atoms with Gasteiger partial charge in [0.2, 0.25) is 5.91 Å². The van der Waals surface area contributed by atoms with Crippen molar-refractivity contribution in [2.45, 2.75) is 18.6 Å². The van der Waals surface area contributed by atoms with Gasteiger partial charge in [0.25, 0.3) is 0 Å². The summed E-state index contributed by atoms with van der Waals surface area (Å²) in [6.07, 6.45) is 0. The molecule has 0 aliphatic rings. The van der Waals surface area contributed by atoms with Gasteiger partial charge in [-0.05, 0) is 61.0 Å². The van der Waals surface area contributed by atoms with Crippen molar-refractivity contribution in [3.8, 4) is 17.2 Å². The van der Waals surface area contributed by atoms with Crippen LogP contribution in [0, 0.1) is 6.92 Å². The zero-order valence-electron chi connectivity index (χ0n) is 19.8. The number of para-hydroxylation sites is 2. The highest BCUT2D eigenvalue weighted by molar-refractivity contribution is 7.99. The van der Waals surface area contributed by atoms with Crippen LogP contribution in [0.4, 0.5) is 11.4 Å². The Morgan fingerprint density at radius 1 is 0.943 bits per heavy atom. The molecule has 0 aliphatic heterocycles. The van der Waals surface area contributed by atoms with Crippen LogP contribution in [0.2, 0.25) is 0 Å². The van der Waals surface area contributed by atoms with Gasteiger partial charge in [-0.1, -0.05) is 36.0 Å². The summed E-state index contributed by atoms with van der Waals surface area (Å²) in [5, 5.41) is 15.7. The number of hydrogen-bond donors (Lipinski definition) is 2. The van der Waals surface area contributed by atoms with Gasteiger partial charge in [-0.15, -0.1) is 10.2 Å². The Morgan fingerprint density at radius 2 is 1.74 bits per heavy atom. The van der Waals surface area contributed by atoms with E-state index in [1.165, 1.54) is 11.8 Å². The molecule has 8 nitrogen and oxygen atoms in total. The summed E-state index contributed by atoms with van der Waals surface area (Å²) in [7, 11) is 3.26. The number of methoxy groups -OCH3 is 2. The highest BCUT2D eigenvalue weighted by Gasteiger charge is 2.18. The number of anilines is 2. The number of thioether (sulfide) groups is 1. The van der Waals surface area contributed by atoms with E-state index in [1.807, 2.05) is 84.3 Å². The minimum absolute atomic E-state index is 0.118. The van der Waals surface area contributed by atoms with Crippen LogP contribution in [0.3, 0.4) is 0 Å². The summed E-state index contributed by atoms with van der Waals surface area (Å²) in [6.45, 7) is 2.41. The Hall–Kier alpha value is -3.98. The van der Waals surface area contributed by atoms with Gasteiger partial charge in [0.05, 0.1) is 32.2 Å². The van der Waals surface area contributed by atoms with Gasteiger partial charge in [-0.2, -0.15) is 0 Å². The zero-order chi connectivity index (χ0) is 24.6.